The van der Waals surface area contributed by atoms with Crippen molar-refractivity contribution in [2.24, 2.45) is 0 Å². The first kappa shape index (κ1) is 35.6. The van der Waals surface area contributed by atoms with E-state index in [1.54, 1.807) is 0 Å². The summed E-state index contributed by atoms with van der Waals surface area (Å²) in [6.45, 7) is 0. The monoisotopic (exact) mass is 822 g/mol. The molecule has 13 rings (SSSR count). The minimum atomic E-state index is 0.617. The van der Waals surface area contributed by atoms with Crippen molar-refractivity contribution in [1.82, 2.24) is 19.5 Å². The molecule has 63 heavy (non-hydrogen) atoms. The standard InChI is InChI=1S/C57H34N4OS/c1-3-14-36(15-4-1)55-58-56(37-30-28-35(29-31-37)40-20-11-22-45-44-19-8-10-26-50(44)62-53(40)45)60-57(59-55)47-24-13-27-51-52(47)46-23-12-21-41(54(46)63-51)38-32-33-43-42-18-7-9-25-48(42)61(49(43)34-38)39-16-5-2-6-17-39/h1-34H. The lowest BCUT2D eigenvalue weighted by Gasteiger charge is -2.10. The van der Waals surface area contributed by atoms with Crippen molar-refractivity contribution in [3.8, 4) is 62.1 Å². The second-order valence-corrected chi connectivity index (χ2v) is 17.0. The molecule has 0 bridgehead atoms. The molecule has 0 aliphatic carbocycles. The van der Waals surface area contributed by atoms with Crippen LogP contribution in [0.25, 0.3) is 126 Å². The summed E-state index contributed by atoms with van der Waals surface area (Å²) >= 11 is 1.82. The lowest BCUT2D eigenvalue weighted by atomic mass is 9.99. The van der Waals surface area contributed by atoms with E-state index in [2.05, 4.69) is 180 Å². The molecule has 0 amide bonds. The van der Waals surface area contributed by atoms with Crippen LogP contribution in [0.2, 0.25) is 0 Å². The van der Waals surface area contributed by atoms with Gasteiger partial charge >= 0.3 is 0 Å². The molecule has 4 heterocycles. The molecule has 6 heteroatoms. The summed E-state index contributed by atoms with van der Waals surface area (Å²) in [6, 6.07) is 72.6. The van der Waals surface area contributed by atoms with Crippen LogP contribution >= 0.6 is 11.3 Å². The van der Waals surface area contributed by atoms with Crippen LogP contribution in [-0.4, -0.2) is 19.5 Å². The number of aromatic nitrogens is 4. The lowest BCUT2D eigenvalue weighted by molar-refractivity contribution is 0.670. The third-order valence-corrected chi connectivity index (χ3v) is 13.5. The quantitative estimate of drug-likeness (QED) is 0.168. The largest absolute Gasteiger partial charge is 0.455 e. The molecular formula is C57H34N4OS. The third kappa shape index (κ3) is 5.73. The molecule has 0 spiro atoms. The van der Waals surface area contributed by atoms with Crippen LogP contribution in [0.5, 0.6) is 0 Å². The number of para-hydroxylation sites is 4. The Morgan fingerprint density at radius 1 is 0.381 bits per heavy atom. The Morgan fingerprint density at radius 3 is 1.79 bits per heavy atom. The fourth-order valence-corrected chi connectivity index (χ4v) is 10.6. The molecular weight excluding hydrogens is 789 g/mol. The van der Waals surface area contributed by atoms with Crippen molar-refractivity contribution < 1.29 is 4.42 Å². The van der Waals surface area contributed by atoms with Crippen LogP contribution in [0.4, 0.5) is 0 Å². The van der Waals surface area contributed by atoms with Crippen LogP contribution in [0, 0.1) is 0 Å². The Hall–Kier alpha value is -8.19. The van der Waals surface area contributed by atoms with Crippen molar-refractivity contribution in [3.63, 3.8) is 0 Å². The Morgan fingerprint density at radius 2 is 0.968 bits per heavy atom. The lowest BCUT2D eigenvalue weighted by Crippen LogP contribution is -2.00. The van der Waals surface area contributed by atoms with Gasteiger partial charge in [-0.25, -0.2) is 15.0 Å². The van der Waals surface area contributed by atoms with Crippen molar-refractivity contribution in [2.75, 3.05) is 0 Å². The van der Waals surface area contributed by atoms with E-state index in [4.69, 9.17) is 19.4 Å². The number of hydrogen-bond acceptors (Lipinski definition) is 5. The number of thiophene rings is 1. The van der Waals surface area contributed by atoms with Crippen LogP contribution in [0.1, 0.15) is 0 Å². The van der Waals surface area contributed by atoms with E-state index in [0.29, 0.717) is 17.5 Å². The minimum absolute atomic E-state index is 0.617. The molecule has 0 saturated heterocycles. The van der Waals surface area contributed by atoms with E-state index in [0.717, 1.165) is 60.8 Å². The smallest absolute Gasteiger partial charge is 0.164 e. The Balaban J connectivity index is 0.954. The number of benzene rings is 9. The maximum Gasteiger partial charge on any atom is 0.164 e. The minimum Gasteiger partial charge on any atom is -0.455 e. The van der Waals surface area contributed by atoms with Crippen molar-refractivity contribution >= 4 is 75.3 Å². The predicted molar refractivity (Wildman–Crippen MR) is 262 cm³/mol. The summed E-state index contributed by atoms with van der Waals surface area (Å²) in [4.78, 5) is 15.5. The fraction of sp³-hybridized carbons (Fsp3) is 0. The van der Waals surface area contributed by atoms with E-state index in [9.17, 15) is 0 Å². The highest BCUT2D eigenvalue weighted by molar-refractivity contribution is 7.26. The van der Waals surface area contributed by atoms with E-state index in [1.807, 2.05) is 41.7 Å². The second kappa shape index (κ2) is 14.2. The molecule has 0 unspecified atom stereocenters. The first-order valence-electron chi connectivity index (χ1n) is 21.1. The predicted octanol–water partition coefficient (Wildman–Crippen LogP) is 15.6. The van der Waals surface area contributed by atoms with Crippen LogP contribution in [0.3, 0.4) is 0 Å². The Bertz CT molecular complexity index is 3900. The molecule has 9 aromatic carbocycles. The third-order valence-electron chi connectivity index (χ3n) is 12.3. The van der Waals surface area contributed by atoms with Gasteiger partial charge in [-0.15, -0.1) is 11.3 Å². The maximum absolute atomic E-state index is 6.39. The number of furan rings is 1. The highest BCUT2D eigenvalue weighted by Crippen LogP contribution is 2.45. The van der Waals surface area contributed by atoms with Gasteiger partial charge in [0.25, 0.3) is 0 Å². The molecule has 13 aromatic rings. The molecule has 5 nitrogen and oxygen atoms in total. The summed E-state index contributed by atoms with van der Waals surface area (Å²) < 4.78 is 11.2. The Labute approximate surface area is 365 Å². The SMILES string of the molecule is c1ccc(-c2nc(-c3ccc(-c4cccc5c4oc4ccccc45)cc3)nc(-c3cccc4sc5c(-c6ccc7c8ccccc8n(-c8ccccc8)c7c6)cccc5c34)n2)cc1. The summed E-state index contributed by atoms with van der Waals surface area (Å²) in [7, 11) is 0. The number of hydrogen-bond donors (Lipinski definition) is 0. The van der Waals surface area contributed by atoms with Gasteiger partial charge in [0.2, 0.25) is 0 Å². The van der Waals surface area contributed by atoms with Crippen LogP contribution < -0.4 is 0 Å². The zero-order valence-electron chi connectivity index (χ0n) is 33.7. The van der Waals surface area contributed by atoms with E-state index in [-0.39, 0.29) is 0 Å². The molecule has 0 aliphatic heterocycles. The van der Waals surface area contributed by atoms with E-state index < -0.39 is 0 Å². The van der Waals surface area contributed by atoms with Gasteiger partial charge in [-0.05, 0) is 53.1 Å². The average Bonchev–Trinajstić information content (AvgIpc) is 4.04. The van der Waals surface area contributed by atoms with Gasteiger partial charge in [0, 0.05) is 69.7 Å². The summed E-state index contributed by atoms with van der Waals surface area (Å²) in [5.74, 6) is 1.89. The maximum atomic E-state index is 6.39. The fourth-order valence-electron chi connectivity index (χ4n) is 9.37. The summed E-state index contributed by atoms with van der Waals surface area (Å²) in [5.41, 5.74) is 12.6. The van der Waals surface area contributed by atoms with Crippen LogP contribution in [0.15, 0.2) is 211 Å². The average molecular weight is 823 g/mol. The number of rotatable bonds is 6. The highest BCUT2D eigenvalue weighted by atomic mass is 32.1. The molecule has 4 aromatic heterocycles. The van der Waals surface area contributed by atoms with Crippen LogP contribution in [-0.2, 0) is 0 Å². The molecule has 0 radical (unpaired) electrons. The van der Waals surface area contributed by atoms with Gasteiger partial charge in [0.15, 0.2) is 17.5 Å². The molecule has 294 valence electrons. The Kier molecular flexibility index (Phi) is 8.01. The topological polar surface area (TPSA) is 56.7 Å². The van der Waals surface area contributed by atoms with Crippen molar-refractivity contribution in [2.45, 2.75) is 0 Å². The van der Waals surface area contributed by atoms with Gasteiger partial charge < -0.3 is 8.98 Å². The van der Waals surface area contributed by atoms with E-state index in [1.165, 1.54) is 47.7 Å². The van der Waals surface area contributed by atoms with Gasteiger partial charge in [0.1, 0.15) is 11.2 Å². The summed E-state index contributed by atoms with van der Waals surface area (Å²) in [6.07, 6.45) is 0. The van der Waals surface area contributed by atoms with E-state index >= 15 is 0 Å². The number of nitrogens with zero attached hydrogens (tertiary/aromatic N) is 4. The number of fused-ring (bicyclic) bond motifs is 9. The highest BCUT2D eigenvalue weighted by Gasteiger charge is 2.20. The zero-order chi connectivity index (χ0) is 41.4. The second-order valence-electron chi connectivity index (χ2n) is 15.9. The molecule has 0 fully saturated rings. The van der Waals surface area contributed by atoms with Gasteiger partial charge in [-0.1, -0.05) is 170 Å². The zero-order valence-corrected chi connectivity index (χ0v) is 34.6. The molecule has 0 saturated carbocycles. The molecule has 0 aliphatic rings. The summed E-state index contributed by atoms with van der Waals surface area (Å²) in [5, 5.41) is 7.03. The first-order valence-corrected chi connectivity index (χ1v) is 21.9. The van der Waals surface area contributed by atoms with Gasteiger partial charge in [-0.3, -0.25) is 0 Å². The van der Waals surface area contributed by atoms with Crippen molar-refractivity contribution in [1.29, 1.82) is 0 Å². The first-order chi connectivity index (χ1) is 31.2. The molecule has 0 atom stereocenters. The normalized spacial score (nSPS) is 11.8. The molecule has 0 N–H and O–H groups in total. The van der Waals surface area contributed by atoms with Crippen molar-refractivity contribution in [3.05, 3.63) is 206 Å². The van der Waals surface area contributed by atoms with Gasteiger partial charge in [0.05, 0.1) is 11.0 Å². The van der Waals surface area contributed by atoms with Gasteiger partial charge in [-0.2, -0.15) is 0 Å².